The van der Waals surface area contributed by atoms with Gasteiger partial charge in [-0.3, -0.25) is 9.20 Å². The van der Waals surface area contributed by atoms with Gasteiger partial charge in [0.15, 0.2) is 0 Å². The van der Waals surface area contributed by atoms with E-state index in [1.165, 1.54) is 22.6 Å². The Morgan fingerprint density at radius 3 is 2.62 bits per heavy atom. The number of nitrogens with zero attached hydrogens (tertiary/aromatic N) is 5. The Morgan fingerprint density at radius 2 is 1.91 bits per heavy atom. The second-order valence-electron chi connectivity index (χ2n) is 11.1. The lowest BCUT2D eigenvalue weighted by Crippen LogP contribution is -2.48. The third-order valence-electron chi connectivity index (χ3n) is 7.71. The number of nitrogen functional groups attached to an aromatic ring is 1. The number of alkyl halides is 3. The summed E-state index contributed by atoms with van der Waals surface area (Å²) >= 11 is 0. The molecule has 3 atom stereocenters. The van der Waals surface area contributed by atoms with Crippen molar-refractivity contribution in [2.45, 2.75) is 44.6 Å². The highest BCUT2D eigenvalue weighted by Gasteiger charge is 2.52. The molecular weight excluding hydrogens is 620 g/mol. The standard InChI is InChI=1S/C28H28F4N8O4S/c1-14(2)38-45(42,43)40-20(10-16-12-44-13-21(16)40)26-37-23(24-25(33)35-7-8-39(24)26)18-4-3-15(9-19(18)29)27(41)36-22-11-17(5-6-34-22)28(30,31)32/h3-9,11,14,16,20-21,38H,10,12-13H2,1-2H3,(H2,33,35)(H,34,36,41)/t16?,20-,21+/m0/s1. The van der Waals surface area contributed by atoms with Gasteiger partial charge < -0.3 is 15.8 Å². The van der Waals surface area contributed by atoms with Crippen molar-refractivity contribution in [3.05, 3.63) is 71.7 Å². The van der Waals surface area contributed by atoms with Gasteiger partial charge >= 0.3 is 6.18 Å². The molecule has 0 aliphatic carbocycles. The molecular formula is C28H28F4N8O4S. The Labute approximate surface area is 254 Å². The van der Waals surface area contributed by atoms with E-state index >= 15 is 4.39 Å². The Kier molecular flexibility index (Phi) is 7.75. The monoisotopic (exact) mass is 648 g/mol. The van der Waals surface area contributed by atoms with E-state index in [-0.39, 0.29) is 52.5 Å². The first kappa shape index (κ1) is 30.8. The number of carbonyl (C=O) groups excluding carboxylic acids is 1. The number of ether oxygens (including phenoxy) is 1. The van der Waals surface area contributed by atoms with Gasteiger partial charge in [0.25, 0.3) is 16.1 Å². The van der Waals surface area contributed by atoms with E-state index in [1.807, 2.05) is 0 Å². The number of hydrogen-bond acceptors (Lipinski definition) is 8. The fourth-order valence-corrected chi connectivity index (χ4v) is 7.68. The predicted octanol–water partition coefficient (Wildman–Crippen LogP) is 3.79. The lowest BCUT2D eigenvalue weighted by molar-refractivity contribution is -0.137. The fourth-order valence-electron chi connectivity index (χ4n) is 5.86. The molecule has 0 radical (unpaired) electrons. The molecule has 3 aromatic heterocycles. The summed E-state index contributed by atoms with van der Waals surface area (Å²) in [6.07, 6.45) is -0.360. The lowest BCUT2D eigenvalue weighted by atomic mass is 10.0. The number of amides is 1. The zero-order valence-corrected chi connectivity index (χ0v) is 24.7. The maximum atomic E-state index is 15.7. The van der Waals surface area contributed by atoms with Crippen molar-refractivity contribution in [2.24, 2.45) is 5.92 Å². The summed E-state index contributed by atoms with van der Waals surface area (Å²) in [6, 6.07) is 3.36. The average Bonchev–Trinajstić information content (AvgIpc) is 3.65. The Hall–Kier alpha value is -4.19. The minimum absolute atomic E-state index is 0.0133. The molecule has 2 aliphatic heterocycles. The van der Waals surface area contributed by atoms with E-state index in [1.54, 1.807) is 24.4 Å². The Morgan fingerprint density at radius 1 is 1.13 bits per heavy atom. The van der Waals surface area contributed by atoms with Crippen molar-refractivity contribution < 1.29 is 35.5 Å². The summed E-state index contributed by atoms with van der Waals surface area (Å²) in [5.74, 6) is -1.90. The minimum Gasteiger partial charge on any atom is -0.382 e. The number of fused-ring (bicyclic) bond motifs is 2. The van der Waals surface area contributed by atoms with Gasteiger partial charge in [-0.15, -0.1) is 0 Å². The molecule has 5 heterocycles. The van der Waals surface area contributed by atoms with Crippen LogP contribution < -0.4 is 15.8 Å². The van der Waals surface area contributed by atoms with Crippen LogP contribution in [0.2, 0.25) is 0 Å². The summed E-state index contributed by atoms with van der Waals surface area (Å²) in [4.78, 5) is 25.4. The molecule has 0 spiro atoms. The van der Waals surface area contributed by atoms with Gasteiger partial charge in [0.05, 0.1) is 30.9 Å². The molecule has 238 valence electrons. The summed E-state index contributed by atoms with van der Waals surface area (Å²) in [5, 5.41) is 2.24. The third kappa shape index (κ3) is 5.71. The molecule has 2 fully saturated rings. The van der Waals surface area contributed by atoms with Gasteiger partial charge in [-0.25, -0.2) is 19.3 Å². The highest BCUT2D eigenvalue weighted by Crippen LogP contribution is 2.45. The Bertz CT molecular complexity index is 1900. The number of carbonyl (C=O) groups is 1. The number of anilines is 2. The second-order valence-corrected chi connectivity index (χ2v) is 12.8. The van der Waals surface area contributed by atoms with Gasteiger partial charge in [0.1, 0.15) is 34.5 Å². The van der Waals surface area contributed by atoms with Crippen LogP contribution in [0.25, 0.3) is 16.8 Å². The first-order valence-electron chi connectivity index (χ1n) is 13.9. The number of hydrogen-bond donors (Lipinski definition) is 3. The van der Waals surface area contributed by atoms with Crippen molar-refractivity contribution >= 4 is 33.3 Å². The van der Waals surface area contributed by atoms with Gasteiger partial charge in [0.2, 0.25) is 0 Å². The van der Waals surface area contributed by atoms with E-state index in [0.717, 1.165) is 18.3 Å². The molecule has 1 aromatic carbocycles. The SMILES string of the molecule is CC(C)NS(=O)(=O)N1[C@@H]2COCC2C[C@H]1c1nc(-c2ccc(C(=O)Nc3cc(C(F)(F)F)ccn3)cc2F)c2c(N)nccn12. The quantitative estimate of drug-likeness (QED) is 0.256. The summed E-state index contributed by atoms with van der Waals surface area (Å²) < 4.78 is 93.1. The van der Waals surface area contributed by atoms with Crippen LogP contribution in [0.4, 0.5) is 29.2 Å². The summed E-state index contributed by atoms with van der Waals surface area (Å²) in [6.45, 7) is 4.02. The molecule has 2 saturated heterocycles. The molecule has 4 aromatic rings. The number of halogens is 4. The van der Waals surface area contributed by atoms with Crippen LogP contribution in [-0.4, -0.2) is 63.3 Å². The highest BCUT2D eigenvalue weighted by atomic mass is 32.2. The average molecular weight is 649 g/mol. The van der Waals surface area contributed by atoms with E-state index in [4.69, 9.17) is 15.5 Å². The molecule has 1 amide bonds. The molecule has 12 nitrogen and oxygen atoms in total. The minimum atomic E-state index is -4.64. The zero-order valence-electron chi connectivity index (χ0n) is 23.9. The maximum Gasteiger partial charge on any atom is 0.416 e. The third-order valence-corrected chi connectivity index (χ3v) is 9.56. The van der Waals surface area contributed by atoms with Crippen molar-refractivity contribution in [3.8, 4) is 11.3 Å². The van der Waals surface area contributed by atoms with Crippen LogP contribution in [0.1, 0.15) is 48.1 Å². The van der Waals surface area contributed by atoms with Crippen molar-refractivity contribution in [3.63, 3.8) is 0 Å². The fraction of sp³-hybridized carbons (Fsp3) is 0.357. The molecule has 17 heteroatoms. The van der Waals surface area contributed by atoms with Crippen LogP contribution in [0, 0.1) is 11.7 Å². The molecule has 0 saturated carbocycles. The molecule has 45 heavy (non-hydrogen) atoms. The molecule has 2 aliphatic rings. The van der Waals surface area contributed by atoms with Crippen molar-refractivity contribution in [1.82, 2.24) is 28.4 Å². The van der Waals surface area contributed by atoms with Crippen LogP contribution in [0.3, 0.4) is 0 Å². The highest BCUT2D eigenvalue weighted by molar-refractivity contribution is 7.87. The number of rotatable bonds is 7. The Balaban J connectivity index is 1.37. The van der Waals surface area contributed by atoms with E-state index in [9.17, 15) is 26.4 Å². The summed E-state index contributed by atoms with van der Waals surface area (Å²) in [7, 11) is -3.99. The van der Waals surface area contributed by atoms with Crippen molar-refractivity contribution in [1.29, 1.82) is 0 Å². The van der Waals surface area contributed by atoms with Crippen LogP contribution in [-0.2, 0) is 21.1 Å². The topological polar surface area (TPSA) is 157 Å². The van der Waals surface area contributed by atoms with Gasteiger partial charge in [-0.2, -0.15) is 30.6 Å². The zero-order chi connectivity index (χ0) is 32.3. The number of imidazole rings is 1. The van der Waals surface area contributed by atoms with Gasteiger partial charge in [-0.1, -0.05) is 0 Å². The van der Waals surface area contributed by atoms with Gasteiger partial charge in [0, 0.05) is 41.7 Å². The smallest absolute Gasteiger partial charge is 0.382 e. The normalized spacial score (nSPS) is 20.6. The number of aromatic nitrogens is 4. The first-order valence-corrected chi connectivity index (χ1v) is 15.3. The van der Waals surface area contributed by atoms with Crippen LogP contribution in [0.15, 0.2) is 48.9 Å². The van der Waals surface area contributed by atoms with Crippen LogP contribution in [0.5, 0.6) is 0 Å². The van der Waals surface area contributed by atoms with Gasteiger partial charge in [-0.05, 0) is 50.6 Å². The van der Waals surface area contributed by atoms with Crippen LogP contribution >= 0.6 is 0 Å². The number of pyridine rings is 1. The molecule has 1 unspecified atom stereocenters. The second kappa shape index (κ2) is 11.3. The molecule has 0 bridgehead atoms. The van der Waals surface area contributed by atoms with E-state index in [2.05, 4.69) is 20.0 Å². The van der Waals surface area contributed by atoms with Crippen molar-refractivity contribution in [2.75, 3.05) is 24.3 Å². The number of nitrogens with one attached hydrogen (secondary N) is 2. The molecule has 4 N–H and O–H groups in total. The predicted molar refractivity (Wildman–Crippen MR) is 154 cm³/mol. The molecule has 6 rings (SSSR count). The summed E-state index contributed by atoms with van der Waals surface area (Å²) in [5.41, 5.74) is 5.29. The van der Waals surface area contributed by atoms with E-state index in [0.29, 0.717) is 24.9 Å². The van der Waals surface area contributed by atoms with E-state index < -0.39 is 45.8 Å². The largest absolute Gasteiger partial charge is 0.416 e. The maximum absolute atomic E-state index is 15.7. The first-order chi connectivity index (χ1) is 21.2. The number of benzene rings is 1. The lowest BCUT2D eigenvalue weighted by Gasteiger charge is -2.28. The number of nitrogens with two attached hydrogens (primary N) is 1.